The number of rotatable bonds is 7. The van der Waals surface area contributed by atoms with E-state index in [0.29, 0.717) is 11.8 Å². The number of hydrogen-bond acceptors (Lipinski definition) is 5. The molecule has 2 bridgehead atoms. The van der Waals surface area contributed by atoms with Gasteiger partial charge in [-0.1, -0.05) is 49.6 Å². The Labute approximate surface area is 206 Å². The largest absolute Gasteiger partial charge is 0.483 e. The molecule has 1 N–H and O–H groups in total. The number of benzene rings is 1. The molecule has 1 aliphatic carbocycles. The second-order valence-corrected chi connectivity index (χ2v) is 11.5. The number of aliphatic hydroxyl groups is 1. The van der Waals surface area contributed by atoms with Crippen molar-refractivity contribution in [1.29, 1.82) is 0 Å². The lowest BCUT2D eigenvalue weighted by molar-refractivity contribution is -0.958. The van der Waals surface area contributed by atoms with Gasteiger partial charge >= 0.3 is 0 Å². The molecule has 0 amide bonds. The molecule has 0 spiro atoms. The summed E-state index contributed by atoms with van der Waals surface area (Å²) in [6.07, 6.45) is 10.1. The van der Waals surface area contributed by atoms with Crippen LogP contribution in [0.1, 0.15) is 62.2 Å². The van der Waals surface area contributed by atoms with Gasteiger partial charge in [0.1, 0.15) is 18.8 Å². The minimum absolute atomic E-state index is 0.135. The van der Waals surface area contributed by atoms with Crippen LogP contribution in [0.5, 0.6) is 5.75 Å². The van der Waals surface area contributed by atoms with Crippen LogP contribution in [0.2, 0.25) is 0 Å². The number of fused-ring (bicyclic) bond motifs is 3. The third-order valence-corrected chi connectivity index (χ3v) is 9.27. The molecule has 1 aromatic carbocycles. The quantitative estimate of drug-likeness (QED) is 0.439. The van der Waals surface area contributed by atoms with Crippen molar-refractivity contribution in [3.8, 4) is 5.75 Å². The van der Waals surface area contributed by atoms with Crippen molar-refractivity contribution in [1.82, 2.24) is 4.98 Å². The molecule has 34 heavy (non-hydrogen) atoms. The van der Waals surface area contributed by atoms with Gasteiger partial charge in [-0.3, -0.25) is 0 Å². The van der Waals surface area contributed by atoms with Crippen LogP contribution in [0, 0.1) is 11.8 Å². The Morgan fingerprint density at radius 3 is 2.59 bits per heavy atom. The highest BCUT2D eigenvalue weighted by Gasteiger charge is 2.49. The van der Waals surface area contributed by atoms with E-state index in [1.165, 1.54) is 19.3 Å². The lowest BCUT2D eigenvalue weighted by atomic mass is 9.73. The molecular weight excluding hydrogens is 444 g/mol. The van der Waals surface area contributed by atoms with Crippen LogP contribution >= 0.6 is 11.3 Å². The zero-order chi connectivity index (χ0) is 23.0. The number of aromatic nitrogens is 1. The lowest BCUT2D eigenvalue weighted by Crippen LogP contribution is -2.64. The van der Waals surface area contributed by atoms with E-state index < -0.39 is 5.60 Å². The first-order valence-electron chi connectivity index (χ1n) is 12.9. The lowest BCUT2D eigenvalue weighted by Gasteiger charge is -2.51. The Morgan fingerprint density at radius 2 is 1.85 bits per heavy atom. The van der Waals surface area contributed by atoms with Crippen molar-refractivity contribution in [3.05, 3.63) is 70.6 Å². The maximum absolute atomic E-state index is 12.1. The Hall–Kier alpha value is -2.15. The van der Waals surface area contributed by atoms with Gasteiger partial charge in [-0.25, -0.2) is 4.98 Å². The molecular formula is C28H35N2O3S+. The first-order valence-corrected chi connectivity index (χ1v) is 13.9. The van der Waals surface area contributed by atoms with E-state index in [4.69, 9.17) is 14.1 Å². The molecule has 3 saturated heterocycles. The summed E-state index contributed by atoms with van der Waals surface area (Å²) in [5.74, 6) is 3.15. The fourth-order valence-corrected chi connectivity index (χ4v) is 7.26. The van der Waals surface area contributed by atoms with E-state index in [-0.39, 0.29) is 12.0 Å². The molecule has 2 atom stereocenters. The number of ether oxygens (including phenoxy) is 1. The summed E-state index contributed by atoms with van der Waals surface area (Å²) in [4.78, 5) is 4.71. The molecule has 3 aliphatic heterocycles. The Kier molecular flexibility index (Phi) is 6.00. The van der Waals surface area contributed by atoms with E-state index in [2.05, 4.69) is 16.8 Å². The number of thiophene rings is 1. The smallest absolute Gasteiger partial charge is 0.231 e. The zero-order valence-corrected chi connectivity index (χ0v) is 20.6. The van der Waals surface area contributed by atoms with Crippen molar-refractivity contribution >= 4 is 11.3 Å². The van der Waals surface area contributed by atoms with E-state index in [9.17, 15) is 5.11 Å². The van der Waals surface area contributed by atoms with Crippen LogP contribution in [0.4, 0.5) is 0 Å². The van der Waals surface area contributed by atoms with Crippen molar-refractivity contribution < 1.29 is 18.7 Å². The third kappa shape index (κ3) is 4.10. The summed E-state index contributed by atoms with van der Waals surface area (Å²) in [5, 5.41) is 16.3. The molecule has 180 valence electrons. The molecule has 0 radical (unpaired) electrons. The second kappa shape index (κ2) is 9.14. The number of piperidine rings is 3. The zero-order valence-electron chi connectivity index (χ0n) is 19.8. The van der Waals surface area contributed by atoms with Gasteiger partial charge in [0.25, 0.3) is 0 Å². The summed E-state index contributed by atoms with van der Waals surface area (Å²) < 4.78 is 13.8. The van der Waals surface area contributed by atoms with Crippen LogP contribution in [-0.4, -0.2) is 40.3 Å². The van der Waals surface area contributed by atoms with Gasteiger partial charge in [-0.05, 0) is 29.9 Å². The van der Waals surface area contributed by atoms with E-state index in [1.807, 2.05) is 36.5 Å². The van der Waals surface area contributed by atoms with Gasteiger partial charge < -0.3 is 18.7 Å². The molecule has 7 rings (SSSR count). The van der Waals surface area contributed by atoms with Gasteiger partial charge in [0.2, 0.25) is 5.89 Å². The second-order valence-electron chi connectivity index (χ2n) is 10.7. The SMILES string of the molecule is OC(c1ccccc1)(c1ncc(C[N+]23CCC(CC2)[C@@H](Oc2ccsc2)C3)o1)C1CCCCC1. The van der Waals surface area contributed by atoms with Crippen LogP contribution in [0.15, 0.2) is 57.8 Å². The van der Waals surface area contributed by atoms with Crippen LogP contribution in [0.25, 0.3) is 0 Å². The van der Waals surface area contributed by atoms with Crippen LogP contribution < -0.4 is 4.74 Å². The molecule has 4 fully saturated rings. The summed E-state index contributed by atoms with van der Waals surface area (Å²) in [7, 11) is 0. The Morgan fingerprint density at radius 1 is 1.06 bits per heavy atom. The molecule has 2 aromatic heterocycles. The normalized spacial score (nSPS) is 29.1. The number of quaternary nitrogens is 1. The van der Waals surface area contributed by atoms with Crippen molar-refractivity contribution in [2.75, 3.05) is 19.6 Å². The monoisotopic (exact) mass is 479 g/mol. The van der Waals surface area contributed by atoms with Gasteiger partial charge in [-0.15, -0.1) is 11.3 Å². The van der Waals surface area contributed by atoms with E-state index in [0.717, 1.165) is 73.4 Å². The van der Waals surface area contributed by atoms with Crippen molar-refractivity contribution in [2.24, 2.45) is 11.8 Å². The van der Waals surface area contributed by atoms with Crippen LogP contribution in [-0.2, 0) is 12.1 Å². The summed E-state index contributed by atoms with van der Waals surface area (Å²) in [6.45, 7) is 4.16. The predicted octanol–water partition coefficient (Wildman–Crippen LogP) is 5.74. The highest BCUT2D eigenvalue weighted by Crippen LogP contribution is 2.44. The maximum atomic E-state index is 12.1. The molecule has 5 heterocycles. The Bertz CT molecular complexity index is 1070. The maximum Gasteiger partial charge on any atom is 0.231 e. The highest BCUT2D eigenvalue weighted by molar-refractivity contribution is 7.08. The van der Waals surface area contributed by atoms with Crippen molar-refractivity contribution in [3.63, 3.8) is 0 Å². The summed E-state index contributed by atoms with van der Waals surface area (Å²) in [6, 6.07) is 12.1. The van der Waals surface area contributed by atoms with E-state index >= 15 is 0 Å². The minimum Gasteiger partial charge on any atom is -0.483 e. The number of oxazole rings is 1. The van der Waals surface area contributed by atoms with E-state index in [1.54, 1.807) is 11.3 Å². The topological polar surface area (TPSA) is 55.5 Å². The summed E-state index contributed by atoms with van der Waals surface area (Å²) in [5.41, 5.74) is -0.273. The van der Waals surface area contributed by atoms with Gasteiger partial charge in [-0.2, -0.15) is 0 Å². The molecule has 1 saturated carbocycles. The fourth-order valence-electron chi connectivity index (χ4n) is 6.70. The number of nitrogens with zero attached hydrogens (tertiary/aromatic N) is 2. The van der Waals surface area contributed by atoms with Crippen molar-refractivity contribution in [2.45, 2.75) is 63.2 Å². The first-order chi connectivity index (χ1) is 16.6. The predicted molar refractivity (Wildman–Crippen MR) is 133 cm³/mol. The third-order valence-electron chi connectivity index (χ3n) is 8.60. The molecule has 1 unspecified atom stereocenters. The van der Waals surface area contributed by atoms with Gasteiger partial charge in [0, 0.05) is 30.1 Å². The average Bonchev–Trinajstić information content (AvgIpc) is 3.58. The minimum atomic E-state index is -1.17. The first kappa shape index (κ1) is 22.3. The van der Waals surface area contributed by atoms with Gasteiger partial charge in [0.15, 0.2) is 17.5 Å². The highest BCUT2D eigenvalue weighted by atomic mass is 32.1. The molecule has 5 nitrogen and oxygen atoms in total. The Balaban J connectivity index is 1.25. The van der Waals surface area contributed by atoms with Crippen LogP contribution in [0.3, 0.4) is 0 Å². The summed E-state index contributed by atoms with van der Waals surface area (Å²) >= 11 is 1.69. The molecule has 3 aromatic rings. The standard InChI is InChI=1S/C28H35N2O3S/c31-28(22-7-3-1-4-8-22,23-9-5-2-6-10-23)27-29-17-25(33-27)18-30-14-11-21(12-15-30)26(19-30)32-24-13-16-34-20-24/h1,3-4,7-8,13,16-17,20-21,23,26,31H,2,5-6,9-12,14-15,18-19H2/q+1/t21?,26-,28?,30?/m0/s1. The van der Waals surface area contributed by atoms with Gasteiger partial charge in [0.05, 0.1) is 19.3 Å². The molecule has 4 aliphatic rings. The number of hydrogen-bond donors (Lipinski definition) is 1. The molecule has 6 heteroatoms. The average molecular weight is 480 g/mol. The fraction of sp³-hybridized carbons (Fsp3) is 0.536.